The average molecular weight is 348 g/mol. The van der Waals surface area contributed by atoms with Gasteiger partial charge >= 0.3 is 5.97 Å². The molecule has 2 aromatic carbocycles. The molecule has 134 valence electrons. The molecule has 3 rings (SSSR count). The highest BCUT2D eigenvalue weighted by atomic mass is 16.4. The van der Waals surface area contributed by atoms with Crippen LogP contribution in [0.4, 0.5) is 0 Å². The summed E-state index contributed by atoms with van der Waals surface area (Å²) in [6.45, 7) is 8.59. The molecule has 0 heterocycles. The minimum absolute atomic E-state index is 0.0582. The first-order valence-electron chi connectivity index (χ1n) is 8.93. The lowest BCUT2D eigenvalue weighted by molar-refractivity contribution is 0.0697. The largest absolute Gasteiger partial charge is 0.506 e. The molecule has 2 aromatic rings. The summed E-state index contributed by atoms with van der Waals surface area (Å²) in [5.74, 6) is 5.81. The fraction of sp³-hybridized carbons (Fsp3) is 0.348. The number of phenolic OH excluding ortho intramolecular Hbond substituents is 1. The molecule has 0 saturated carbocycles. The molecule has 0 amide bonds. The summed E-state index contributed by atoms with van der Waals surface area (Å²) in [6.07, 6.45) is 2.17. The normalized spacial score (nSPS) is 17.8. The molecule has 3 heteroatoms. The van der Waals surface area contributed by atoms with Gasteiger partial charge in [-0.1, -0.05) is 38.7 Å². The van der Waals surface area contributed by atoms with E-state index in [1.807, 2.05) is 6.92 Å². The molecule has 1 aliphatic rings. The van der Waals surface area contributed by atoms with E-state index in [2.05, 4.69) is 38.7 Å². The van der Waals surface area contributed by atoms with Crippen LogP contribution in [0.3, 0.4) is 0 Å². The van der Waals surface area contributed by atoms with E-state index in [1.54, 1.807) is 12.1 Å². The third-order valence-electron chi connectivity index (χ3n) is 5.43. The molecule has 0 radical (unpaired) electrons. The zero-order valence-electron chi connectivity index (χ0n) is 15.7. The molecule has 0 spiro atoms. The van der Waals surface area contributed by atoms with Gasteiger partial charge in [-0.05, 0) is 66.5 Å². The Morgan fingerprint density at radius 2 is 1.85 bits per heavy atom. The van der Waals surface area contributed by atoms with E-state index in [0.29, 0.717) is 17.2 Å². The lowest BCUT2D eigenvalue weighted by atomic mass is 9.68. The number of carboxylic acid groups (broad SMARTS) is 1. The van der Waals surface area contributed by atoms with Crippen molar-refractivity contribution in [2.45, 2.75) is 51.9 Å². The maximum atomic E-state index is 10.9. The summed E-state index contributed by atoms with van der Waals surface area (Å²) in [5, 5.41) is 19.9. The van der Waals surface area contributed by atoms with Crippen LogP contribution in [0.1, 0.15) is 77.7 Å². The van der Waals surface area contributed by atoms with E-state index in [4.69, 9.17) is 5.11 Å². The molecule has 0 fully saturated rings. The van der Waals surface area contributed by atoms with Crippen molar-refractivity contribution in [1.82, 2.24) is 0 Å². The standard InChI is InChI=1S/C23H24O3/c1-14-11-12-23(3,4)19-13-15(2)18(21(24)20(14)19)10-7-16-5-8-17(9-6-16)22(25)26/h5-6,8-9,13-14,24H,11-12H2,1-4H3,(H,25,26). The number of aromatic carboxylic acids is 1. The van der Waals surface area contributed by atoms with Crippen LogP contribution in [0.5, 0.6) is 5.75 Å². The van der Waals surface area contributed by atoms with E-state index >= 15 is 0 Å². The molecule has 2 N–H and O–H groups in total. The molecular weight excluding hydrogens is 324 g/mol. The molecule has 3 nitrogen and oxygen atoms in total. The van der Waals surface area contributed by atoms with Gasteiger partial charge in [-0.25, -0.2) is 4.79 Å². The number of fused-ring (bicyclic) bond motifs is 1. The van der Waals surface area contributed by atoms with Gasteiger partial charge in [0.05, 0.1) is 11.1 Å². The van der Waals surface area contributed by atoms with E-state index in [9.17, 15) is 9.90 Å². The Labute approximate surface area is 154 Å². The molecule has 0 bridgehead atoms. The molecule has 0 aliphatic heterocycles. The van der Waals surface area contributed by atoms with Gasteiger partial charge in [0.2, 0.25) is 0 Å². The topological polar surface area (TPSA) is 57.5 Å². The highest BCUT2D eigenvalue weighted by Gasteiger charge is 2.34. The Morgan fingerprint density at radius 1 is 1.19 bits per heavy atom. The van der Waals surface area contributed by atoms with Gasteiger partial charge in [0.25, 0.3) is 0 Å². The van der Waals surface area contributed by atoms with Crippen molar-refractivity contribution >= 4 is 5.97 Å². The maximum Gasteiger partial charge on any atom is 0.335 e. The fourth-order valence-corrected chi connectivity index (χ4v) is 3.72. The summed E-state index contributed by atoms with van der Waals surface area (Å²) in [7, 11) is 0. The monoisotopic (exact) mass is 348 g/mol. The summed E-state index contributed by atoms with van der Waals surface area (Å²) >= 11 is 0. The van der Waals surface area contributed by atoms with Crippen LogP contribution in [-0.2, 0) is 5.41 Å². The minimum Gasteiger partial charge on any atom is -0.506 e. The highest BCUT2D eigenvalue weighted by Crippen LogP contribution is 2.47. The molecule has 1 aliphatic carbocycles. The third kappa shape index (κ3) is 3.20. The van der Waals surface area contributed by atoms with Gasteiger partial charge in [0.15, 0.2) is 0 Å². The van der Waals surface area contributed by atoms with Crippen LogP contribution >= 0.6 is 0 Å². The van der Waals surface area contributed by atoms with Gasteiger partial charge in [0.1, 0.15) is 5.75 Å². The third-order valence-corrected chi connectivity index (χ3v) is 5.43. The molecule has 0 aromatic heterocycles. The van der Waals surface area contributed by atoms with Crippen molar-refractivity contribution in [3.8, 4) is 17.6 Å². The van der Waals surface area contributed by atoms with Crippen LogP contribution < -0.4 is 0 Å². The van der Waals surface area contributed by atoms with Crippen LogP contribution in [-0.4, -0.2) is 16.2 Å². The van der Waals surface area contributed by atoms with E-state index in [-0.39, 0.29) is 11.0 Å². The van der Waals surface area contributed by atoms with Gasteiger partial charge in [0, 0.05) is 11.1 Å². The maximum absolute atomic E-state index is 10.9. The smallest absolute Gasteiger partial charge is 0.335 e. The van der Waals surface area contributed by atoms with Crippen molar-refractivity contribution < 1.29 is 15.0 Å². The molecule has 1 unspecified atom stereocenters. The van der Waals surface area contributed by atoms with Crippen molar-refractivity contribution in [3.05, 3.63) is 63.7 Å². The Bertz CT molecular complexity index is 925. The summed E-state index contributed by atoms with van der Waals surface area (Å²) in [6, 6.07) is 8.62. The number of carbonyl (C=O) groups is 1. The molecular formula is C23H24O3. The van der Waals surface area contributed by atoms with Crippen LogP contribution in [0.15, 0.2) is 30.3 Å². The van der Waals surface area contributed by atoms with Gasteiger partial charge in [-0.15, -0.1) is 0 Å². The molecule has 26 heavy (non-hydrogen) atoms. The number of rotatable bonds is 1. The average Bonchev–Trinajstić information content (AvgIpc) is 2.58. The number of phenols is 1. The number of hydrogen-bond donors (Lipinski definition) is 2. The molecule has 1 atom stereocenters. The number of aromatic hydroxyl groups is 1. The quantitative estimate of drug-likeness (QED) is 0.715. The van der Waals surface area contributed by atoms with E-state index < -0.39 is 5.97 Å². The fourth-order valence-electron chi connectivity index (χ4n) is 3.72. The highest BCUT2D eigenvalue weighted by molar-refractivity contribution is 5.87. The number of aryl methyl sites for hydroxylation is 1. The molecule has 0 saturated heterocycles. The first-order chi connectivity index (χ1) is 12.2. The summed E-state index contributed by atoms with van der Waals surface area (Å²) in [5.41, 5.74) is 4.90. The van der Waals surface area contributed by atoms with Crippen molar-refractivity contribution in [1.29, 1.82) is 0 Å². The van der Waals surface area contributed by atoms with Gasteiger partial charge in [-0.2, -0.15) is 0 Å². The second-order valence-electron chi connectivity index (χ2n) is 7.83. The first-order valence-corrected chi connectivity index (χ1v) is 8.93. The number of carboxylic acids is 1. The van der Waals surface area contributed by atoms with E-state index in [1.165, 1.54) is 17.7 Å². The van der Waals surface area contributed by atoms with Crippen molar-refractivity contribution in [2.24, 2.45) is 0 Å². The number of benzene rings is 2. The summed E-state index contributed by atoms with van der Waals surface area (Å²) < 4.78 is 0. The van der Waals surface area contributed by atoms with Crippen molar-refractivity contribution in [2.75, 3.05) is 0 Å². The van der Waals surface area contributed by atoms with Gasteiger partial charge in [-0.3, -0.25) is 0 Å². The van der Waals surface area contributed by atoms with Gasteiger partial charge < -0.3 is 10.2 Å². The SMILES string of the molecule is Cc1cc2c(c(O)c1C#Cc1ccc(C(=O)O)cc1)C(C)CCC2(C)C. The Hall–Kier alpha value is -2.73. The lowest BCUT2D eigenvalue weighted by Gasteiger charge is -2.37. The predicted octanol–water partition coefficient (Wildman–Crippen LogP) is 4.97. The predicted molar refractivity (Wildman–Crippen MR) is 103 cm³/mol. The van der Waals surface area contributed by atoms with E-state index in [0.717, 1.165) is 29.5 Å². The lowest BCUT2D eigenvalue weighted by Crippen LogP contribution is -2.26. The summed E-state index contributed by atoms with van der Waals surface area (Å²) in [4.78, 5) is 10.9. The van der Waals surface area contributed by atoms with Crippen LogP contribution in [0.2, 0.25) is 0 Å². The van der Waals surface area contributed by atoms with Crippen LogP contribution in [0, 0.1) is 18.8 Å². The minimum atomic E-state index is -0.954. The first kappa shape index (κ1) is 18.1. The zero-order valence-corrected chi connectivity index (χ0v) is 15.7. The second kappa shape index (κ2) is 6.53. The Kier molecular flexibility index (Phi) is 4.54. The van der Waals surface area contributed by atoms with Crippen molar-refractivity contribution in [3.63, 3.8) is 0 Å². The Balaban J connectivity index is 2.05. The zero-order chi connectivity index (χ0) is 19.1. The Morgan fingerprint density at radius 3 is 2.46 bits per heavy atom. The van der Waals surface area contributed by atoms with Crippen LogP contribution in [0.25, 0.3) is 0 Å². The number of hydrogen-bond acceptors (Lipinski definition) is 2. The second-order valence-corrected chi connectivity index (χ2v) is 7.83.